The monoisotopic (exact) mass is 374 g/mol. The Bertz CT molecular complexity index is 522. The summed E-state index contributed by atoms with van der Waals surface area (Å²) in [7, 11) is 0. The molecule has 0 spiro atoms. The van der Waals surface area contributed by atoms with E-state index >= 15 is 0 Å². The van der Waals surface area contributed by atoms with Crippen molar-refractivity contribution in [1.82, 2.24) is 0 Å². The summed E-state index contributed by atoms with van der Waals surface area (Å²) in [5.41, 5.74) is 2.13. The van der Waals surface area contributed by atoms with Gasteiger partial charge >= 0.3 is 0 Å². The Balaban J connectivity index is 2.14. The summed E-state index contributed by atoms with van der Waals surface area (Å²) in [6, 6.07) is 8.04. The first-order valence-corrected chi connectivity index (χ1v) is 7.70. The van der Waals surface area contributed by atoms with Crippen molar-refractivity contribution in [3.63, 3.8) is 0 Å². The Morgan fingerprint density at radius 2 is 2.06 bits per heavy atom. The minimum atomic E-state index is -0.447. The SMILES string of the molecule is Cc1ccc(C(O)Cc2cc(Br)cs2)cc1Br. The first-order chi connectivity index (χ1) is 8.06. The normalized spacial score (nSPS) is 12.7. The average molecular weight is 376 g/mol. The van der Waals surface area contributed by atoms with Crippen LogP contribution < -0.4 is 0 Å². The predicted octanol–water partition coefficient (Wildman–Crippen LogP) is 4.86. The van der Waals surface area contributed by atoms with Gasteiger partial charge in [-0.15, -0.1) is 11.3 Å². The fourth-order valence-electron chi connectivity index (χ4n) is 1.59. The van der Waals surface area contributed by atoms with Crippen LogP contribution in [0.4, 0.5) is 0 Å². The molecule has 1 heterocycles. The molecule has 0 fully saturated rings. The van der Waals surface area contributed by atoms with Crippen molar-refractivity contribution in [2.45, 2.75) is 19.4 Å². The van der Waals surface area contributed by atoms with Gasteiger partial charge in [-0.25, -0.2) is 0 Å². The van der Waals surface area contributed by atoms with Crippen LogP contribution in [-0.2, 0) is 6.42 Å². The molecule has 0 saturated heterocycles. The van der Waals surface area contributed by atoms with Gasteiger partial charge in [0.15, 0.2) is 0 Å². The molecule has 1 N–H and O–H groups in total. The van der Waals surface area contributed by atoms with Gasteiger partial charge in [-0.3, -0.25) is 0 Å². The van der Waals surface area contributed by atoms with E-state index in [0.717, 1.165) is 14.5 Å². The van der Waals surface area contributed by atoms with Crippen LogP contribution >= 0.6 is 43.2 Å². The fraction of sp³-hybridized carbons (Fsp3) is 0.231. The number of hydrogen-bond acceptors (Lipinski definition) is 2. The number of thiophene rings is 1. The maximum Gasteiger partial charge on any atom is 0.0838 e. The molecule has 17 heavy (non-hydrogen) atoms. The van der Waals surface area contributed by atoms with Crippen LogP contribution in [0.5, 0.6) is 0 Å². The fourth-order valence-corrected chi connectivity index (χ4v) is 3.47. The third-order valence-electron chi connectivity index (χ3n) is 2.60. The molecule has 0 bridgehead atoms. The van der Waals surface area contributed by atoms with Crippen LogP contribution in [0.15, 0.2) is 38.6 Å². The summed E-state index contributed by atoms with van der Waals surface area (Å²) < 4.78 is 2.12. The number of aliphatic hydroxyl groups excluding tert-OH is 1. The number of hydrogen-bond donors (Lipinski definition) is 1. The Morgan fingerprint density at radius 1 is 1.29 bits per heavy atom. The number of aryl methyl sites for hydroxylation is 1. The lowest BCUT2D eigenvalue weighted by molar-refractivity contribution is 0.179. The van der Waals surface area contributed by atoms with E-state index in [2.05, 4.69) is 37.9 Å². The van der Waals surface area contributed by atoms with Crippen molar-refractivity contribution < 1.29 is 5.11 Å². The summed E-state index contributed by atoms with van der Waals surface area (Å²) in [4.78, 5) is 1.18. The van der Waals surface area contributed by atoms with Crippen LogP contribution in [0.2, 0.25) is 0 Å². The summed E-state index contributed by atoms with van der Waals surface area (Å²) in [6.45, 7) is 2.04. The maximum atomic E-state index is 10.2. The van der Waals surface area contributed by atoms with E-state index in [9.17, 15) is 5.11 Å². The largest absolute Gasteiger partial charge is 0.388 e. The zero-order valence-corrected chi connectivity index (χ0v) is 13.3. The highest BCUT2D eigenvalue weighted by Gasteiger charge is 2.11. The minimum Gasteiger partial charge on any atom is -0.388 e. The van der Waals surface area contributed by atoms with E-state index < -0.39 is 6.10 Å². The summed E-state index contributed by atoms with van der Waals surface area (Å²) in [5, 5.41) is 12.2. The molecule has 4 heteroatoms. The van der Waals surface area contributed by atoms with E-state index in [1.54, 1.807) is 11.3 Å². The second-order valence-corrected chi connectivity index (χ2v) is 6.73. The molecule has 0 saturated carbocycles. The first-order valence-electron chi connectivity index (χ1n) is 5.23. The van der Waals surface area contributed by atoms with Crippen LogP contribution in [-0.4, -0.2) is 5.11 Å². The van der Waals surface area contributed by atoms with Gasteiger partial charge in [-0.1, -0.05) is 28.1 Å². The van der Waals surface area contributed by atoms with Gasteiger partial charge in [0.25, 0.3) is 0 Å². The van der Waals surface area contributed by atoms with Crippen molar-refractivity contribution in [1.29, 1.82) is 0 Å². The molecule has 1 aromatic carbocycles. The molecule has 2 aromatic rings. The quantitative estimate of drug-likeness (QED) is 0.812. The van der Waals surface area contributed by atoms with E-state index in [4.69, 9.17) is 0 Å². The Morgan fingerprint density at radius 3 is 2.65 bits per heavy atom. The third kappa shape index (κ3) is 3.41. The molecular formula is C13H12Br2OS. The zero-order valence-electron chi connectivity index (χ0n) is 9.28. The van der Waals surface area contributed by atoms with Crippen molar-refractivity contribution >= 4 is 43.2 Å². The number of halogens is 2. The molecular weight excluding hydrogens is 364 g/mol. The Labute approximate surface area is 122 Å². The van der Waals surface area contributed by atoms with Gasteiger partial charge in [0.1, 0.15) is 0 Å². The molecule has 2 rings (SSSR count). The van der Waals surface area contributed by atoms with E-state index in [1.807, 2.05) is 30.5 Å². The summed E-state index contributed by atoms with van der Waals surface area (Å²) in [5.74, 6) is 0. The van der Waals surface area contributed by atoms with Crippen LogP contribution in [0, 0.1) is 6.92 Å². The van der Waals surface area contributed by atoms with Gasteiger partial charge < -0.3 is 5.11 Å². The Hall–Kier alpha value is -0.160. The van der Waals surface area contributed by atoms with Gasteiger partial charge in [-0.2, -0.15) is 0 Å². The minimum absolute atomic E-state index is 0.447. The standard InChI is InChI=1S/C13H12Br2OS/c1-8-2-3-9(4-12(8)15)13(16)6-11-5-10(14)7-17-11/h2-5,7,13,16H,6H2,1H3. The first kappa shape index (κ1) is 13.3. The van der Waals surface area contributed by atoms with E-state index in [-0.39, 0.29) is 0 Å². The van der Waals surface area contributed by atoms with Crippen molar-refractivity contribution in [3.8, 4) is 0 Å². The molecule has 90 valence electrons. The van der Waals surface area contributed by atoms with Crippen LogP contribution in [0.25, 0.3) is 0 Å². The molecule has 1 nitrogen and oxygen atoms in total. The topological polar surface area (TPSA) is 20.2 Å². The lowest BCUT2D eigenvalue weighted by Gasteiger charge is -2.11. The molecule has 1 unspecified atom stereocenters. The highest BCUT2D eigenvalue weighted by molar-refractivity contribution is 9.10. The molecule has 0 radical (unpaired) electrons. The molecule has 0 aliphatic heterocycles. The van der Waals surface area contributed by atoms with E-state index in [1.165, 1.54) is 10.4 Å². The average Bonchev–Trinajstić information content (AvgIpc) is 2.68. The highest BCUT2D eigenvalue weighted by atomic mass is 79.9. The molecule has 1 atom stereocenters. The maximum absolute atomic E-state index is 10.2. The second-order valence-electron chi connectivity index (χ2n) is 3.96. The lowest BCUT2D eigenvalue weighted by Crippen LogP contribution is -2.00. The predicted molar refractivity (Wildman–Crippen MR) is 79.6 cm³/mol. The second kappa shape index (κ2) is 5.65. The van der Waals surface area contributed by atoms with Gasteiger partial charge in [0, 0.05) is 25.6 Å². The number of rotatable bonds is 3. The molecule has 0 aliphatic carbocycles. The van der Waals surface area contributed by atoms with Crippen molar-refractivity contribution in [3.05, 3.63) is 54.6 Å². The van der Waals surface area contributed by atoms with E-state index in [0.29, 0.717) is 6.42 Å². The number of aliphatic hydroxyl groups is 1. The zero-order chi connectivity index (χ0) is 12.4. The lowest BCUT2D eigenvalue weighted by atomic mass is 10.0. The van der Waals surface area contributed by atoms with Crippen molar-refractivity contribution in [2.75, 3.05) is 0 Å². The van der Waals surface area contributed by atoms with Crippen LogP contribution in [0.3, 0.4) is 0 Å². The van der Waals surface area contributed by atoms with Gasteiger partial charge in [0.2, 0.25) is 0 Å². The molecule has 0 aliphatic rings. The third-order valence-corrected chi connectivity index (χ3v) is 5.17. The molecule has 0 amide bonds. The van der Waals surface area contributed by atoms with Crippen molar-refractivity contribution in [2.24, 2.45) is 0 Å². The van der Waals surface area contributed by atoms with Crippen LogP contribution in [0.1, 0.15) is 22.1 Å². The highest BCUT2D eigenvalue weighted by Crippen LogP contribution is 2.27. The van der Waals surface area contributed by atoms with Gasteiger partial charge in [0.05, 0.1) is 6.10 Å². The smallest absolute Gasteiger partial charge is 0.0838 e. The number of benzene rings is 1. The summed E-state index contributed by atoms with van der Waals surface area (Å²) >= 11 is 8.57. The molecule has 1 aromatic heterocycles. The van der Waals surface area contributed by atoms with Gasteiger partial charge in [-0.05, 0) is 46.1 Å². The Kier molecular flexibility index (Phi) is 4.42. The summed E-state index contributed by atoms with van der Waals surface area (Å²) in [6.07, 6.45) is 0.212.